The molecule has 0 saturated carbocycles. The van der Waals surface area contributed by atoms with Gasteiger partial charge in [0.15, 0.2) is 27.0 Å². The highest BCUT2D eigenvalue weighted by molar-refractivity contribution is 7.91. The average Bonchev–Trinajstić information content (AvgIpc) is 3.56. The summed E-state index contributed by atoms with van der Waals surface area (Å²) in [6, 6.07) is 6.89. The molecule has 2 fully saturated rings. The van der Waals surface area contributed by atoms with Gasteiger partial charge >= 0.3 is 6.18 Å². The third-order valence-corrected chi connectivity index (χ3v) is 9.51. The molecule has 0 spiro atoms. The second-order valence-electron chi connectivity index (χ2n) is 10.7. The summed E-state index contributed by atoms with van der Waals surface area (Å²) in [5.41, 5.74) is -1.63. The fourth-order valence-corrected chi connectivity index (χ4v) is 7.11. The summed E-state index contributed by atoms with van der Waals surface area (Å²) in [5.74, 6) is -0.468. The molecule has 4 aromatic rings. The summed E-state index contributed by atoms with van der Waals surface area (Å²) in [6.07, 6.45) is 0.464. The highest BCUT2D eigenvalue weighted by Gasteiger charge is 2.45. The van der Waals surface area contributed by atoms with Crippen LogP contribution in [0.5, 0.6) is 5.88 Å². The number of rotatable bonds is 5. The Hall–Kier alpha value is -4.25. The molecule has 2 aliphatic rings. The van der Waals surface area contributed by atoms with Crippen molar-refractivity contribution in [3.8, 4) is 18.2 Å². The van der Waals surface area contributed by atoms with Crippen LogP contribution in [0.25, 0.3) is 22.1 Å². The molecule has 2 aliphatic heterocycles. The molecule has 43 heavy (non-hydrogen) atoms. The SMILES string of the molecule is C#Cc1cnc(O[C@H]2C[C@@H](C(C)=O)N(c3nc(C(F)(F)F)nc4c3oc3ccccc34)C2)c(C2(F)CCS(=O)(=O)CC2)c1. The lowest BCUT2D eigenvalue weighted by atomic mass is 9.90. The first-order valence-corrected chi connectivity index (χ1v) is 15.2. The number of furan rings is 1. The van der Waals surface area contributed by atoms with Crippen LogP contribution in [0.1, 0.15) is 43.1 Å². The standard InChI is InChI=1S/C29H24F4N4O5S/c1-3-17-12-20(28(30)8-10-43(39,40)11-9-28)26(34-14-17)41-18-13-21(16(2)38)37(15-18)25-24-23(35-27(36-25)29(31,32)33)19-6-4-5-7-22(19)42-24/h1,4-7,12,14,18,21H,8-11,13,15H2,2H3/t18-,21-/m0/s1. The second-order valence-corrected chi connectivity index (χ2v) is 13.0. The predicted molar refractivity (Wildman–Crippen MR) is 148 cm³/mol. The topological polar surface area (TPSA) is 115 Å². The summed E-state index contributed by atoms with van der Waals surface area (Å²) in [6.45, 7) is 1.18. The molecule has 5 heterocycles. The molecule has 6 rings (SSSR count). The maximum absolute atomic E-state index is 16.2. The van der Waals surface area contributed by atoms with Crippen LogP contribution in [0.3, 0.4) is 0 Å². The Kier molecular flexibility index (Phi) is 6.83. The number of carbonyl (C=O) groups excluding carboxylic acids is 1. The molecule has 224 valence electrons. The maximum Gasteiger partial charge on any atom is 0.451 e. The van der Waals surface area contributed by atoms with Gasteiger partial charge in [-0.3, -0.25) is 4.79 Å². The Labute approximate surface area is 243 Å². The number of ketones is 1. The molecule has 14 heteroatoms. The van der Waals surface area contributed by atoms with Crippen LogP contribution >= 0.6 is 0 Å². The van der Waals surface area contributed by atoms with Crippen molar-refractivity contribution in [3.05, 3.63) is 53.5 Å². The van der Waals surface area contributed by atoms with Gasteiger partial charge in [-0.05, 0) is 38.0 Å². The van der Waals surface area contributed by atoms with Crippen LogP contribution in [0.15, 0.2) is 40.9 Å². The molecule has 1 aromatic carbocycles. The first-order chi connectivity index (χ1) is 20.3. The van der Waals surface area contributed by atoms with E-state index in [-0.39, 0.29) is 77.0 Å². The maximum atomic E-state index is 16.2. The van der Waals surface area contributed by atoms with Crippen molar-refractivity contribution in [1.82, 2.24) is 15.0 Å². The van der Waals surface area contributed by atoms with Crippen molar-refractivity contribution >= 4 is 43.5 Å². The van der Waals surface area contributed by atoms with E-state index >= 15 is 4.39 Å². The number of para-hydroxylation sites is 1. The third kappa shape index (κ3) is 5.26. The van der Waals surface area contributed by atoms with Crippen molar-refractivity contribution in [3.63, 3.8) is 0 Å². The fourth-order valence-electron chi connectivity index (χ4n) is 5.64. The van der Waals surface area contributed by atoms with E-state index in [2.05, 4.69) is 20.9 Å². The van der Waals surface area contributed by atoms with Gasteiger partial charge < -0.3 is 14.1 Å². The number of nitrogens with zero attached hydrogens (tertiary/aromatic N) is 4. The number of fused-ring (bicyclic) bond motifs is 3. The van der Waals surface area contributed by atoms with Gasteiger partial charge in [-0.1, -0.05) is 18.1 Å². The smallest absolute Gasteiger partial charge is 0.451 e. The van der Waals surface area contributed by atoms with Crippen LogP contribution < -0.4 is 9.64 Å². The number of pyridine rings is 1. The lowest BCUT2D eigenvalue weighted by Crippen LogP contribution is -2.36. The monoisotopic (exact) mass is 616 g/mol. The Bertz CT molecular complexity index is 1900. The highest BCUT2D eigenvalue weighted by Crippen LogP contribution is 2.43. The van der Waals surface area contributed by atoms with E-state index < -0.39 is 39.7 Å². The number of ether oxygens (including phenoxy) is 1. The molecule has 0 N–H and O–H groups in total. The van der Waals surface area contributed by atoms with Crippen LogP contribution in [0, 0.1) is 12.3 Å². The number of anilines is 1. The van der Waals surface area contributed by atoms with E-state index in [9.17, 15) is 26.4 Å². The van der Waals surface area contributed by atoms with E-state index in [0.29, 0.717) is 11.0 Å². The molecular weight excluding hydrogens is 592 g/mol. The first kappa shape index (κ1) is 28.9. The average molecular weight is 617 g/mol. The van der Waals surface area contributed by atoms with Crippen molar-refractivity contribution in [2.24, 2.45) is 0 Å². The van der Waals surface area contributed by atoms with Gasteiger partial charge in [-0.2, -0.15) is 13.2 Å². The van der Waals surface area contributed by atoms with Gasteiger partial charge in [0, 0.05) is 23.6 Å². The van der Waals surface area contributed by atoms with Crippen LogP contribution in [0.4, 0.5) is 23.4 Å². The number of halogens is 4. The summed E-state index contributed by atoms with van der Waals surface area (Å²) in [7, 11) is -3.40. The van der Waals surface area contributed by atoms with E-state index in [1.54, 1.807) is 24.3 Å². The lowest BCUT2D eigenvalue weighted by Gasteiger charge is -2.31. The molecule has 0 aliphatic carbocycles. The number of carbonyl (C=O) groups is 1. The number of hydrogen-bond donors (Lipinski definition) is 0. The Morgan fingerprint density at radius 1 is 1.21 bits per heavy atom. The number of benzene rings is 1. The quantitative estimate of drug-likeness (QED) is 0.231. The minimum Gasteiger partial charge on any atom is -0.472 e. The van der Waals surface area contributed by atoms with E-state index in [1.165, 1.54) is 24.1 Å². The molecule has 0 unspecified atom stereocenters. The second kappa shape index (κ2) is 10.2. The molecule has 0 bridgehead atoms. The molecule has 9 nitrogen and oxygen atoms in total. The lowest BCUT2D eigenvalue weighted by molar-refractivity contribution is -0.144. The summed E-state index contributed by atoms with van der Waals surface area (Å²) < 4.78 is 94.0. The van der Waals surface area contributed by atoms with Crippen LogP contribution in [-0.4, -0.2) is 59.3 Å². The van der Waals surface area contributed by atoms with E-state index in [1.807, 2.05) is 0 Å². The van der Waals surface area contributed by atoms with Crippen molar-refractivity contribution < 1.29 is 39.9 Å². The van der Waals surface area contributed by atoms with Gasteiger partial charge in [0.1, 0.15) is 22.9 Å². The van der Waals surface area contributed by atoms with Crippen molar-refractivity contribution in [1.29, 1.82) is 0 Å². The molecule has 0 amide bonds. The first-order valence-electron chi connectivity index (χ1n) is 13.3. The van der Waals surface area contributed by atoms with Gasteiger partial charge in [0.05, 0.1) is 29.7 Å². The molecule has 2 atom stereocenters. The number of aromatic nitrogens is 3. The van der Waals surface area contributed by atoms with Gasteiger partial charge in [-0.15, -0.1) is 6.42 Å². The highest BCUT2D eigenvalue weighted by atomic mass is 32.2. The number of alkyl halides is 4. The van der Waals surface area contributed by atoms with Gasteiger partial charge in [0.2, 0.25) is 11.7 Å². The Balaban J connectivity index is 1.40. The molecular formula is C29H24F4N4O5S. The fraction of sp³-hybridized carbons (Fsp3) is 0.379. The zero-order valence-corrected chi connectivity index (χ0v) is 23.5. The number of sulfone groups is 1. The zero-order valence-electron chi connectivity index (χ0n) is 22.7. The number of Topliss-reactive ketones (excluding diaryl/α,β-unsaturated/α-hetero) is 1. The summed E-state index contributed by atoms with van der Waals surface area (Å²) in [5, 5.41) is 0.350. The van der Waals surface area contributed by atoms with E-state index in [0.717, 1.165) is 0 Å². The minimum atomic E-state index is -4.89. The Morgan fingerprint density at radius 3 is 2.60 bits per heavy atom. The van der Waals surface area contributed by atoms with Crippen LogP contribution in [-0.2, 0) is 26.5 Å². The van der Waals surface area contributed by atoms with Gasteiger partial charge in [-0.25, -0.2) is 27.8 Å². The molecule has 3 aromatic heterocycles. The van der Waals surface area contributed by atoms with E-state index in [4.69, 9.17) is 15.6 Å². The Morgan fingerprint density at radius 2 is 1.93 bits per heavy atom. The van der Waals surface area contributed by atoms with Crippen LogP contribution in [0.2, 0.25) is 0 Å². The van der Waals surface area contributed by atoms with Gasteiger partial charge in [0.25, 0.3) is 0 Å². The third-order valence-electron chi connectivity index (χ3n) is 7.86. The minimum absolute atomic E-state index is 0.0169. The summed E-state index contributed by atoms with van der Waals surface area (Å²) in [4.78, 5) is 25.9. The summed E-state index contributed by atoms with van der Waals surface area (Å²) >= 11 is 0. The number of terminal acetylenes is 1. The molecule has 0 radical (unpaired) electrons. The number of hydrogen-bond acceptors (Lipinski definition) is 9. The predicted octanol–water partition coefficient (Wildman–Crippen LogP) is 4.76. The normalized spacial score (nSPS) is 21.6. The zero-order chi connectivity index (χ0) is 30.7. The largest absolute Gasteiger partial charge is 0.472 e. The van der Waals surface area contributed by atoms with Crippen molar-refractivity contribution in [2.45, 2.75) is 50.2 Å². The van der Waals surface area contributed by atoms with Crippen molar-refractivity contribution in [2.75, 3.05) is 23.0 Å². The molecule has 2 saturated heterocycles.